The topological polar surface area (TPSA) is 50.2 Å². The molecule has 0 bridgehead atoms. The predicted octanol–water partition coefficient (Wildman–Crippen LogP) is 2.58. The Balaban J connectivity index is 2.49. The molecule has 0 aliphatic heterocycles. The Morgan fingerprint density at radius 3 is 2.67 bits per heavy atom. The third-order valence-electron chi connectivity index (χ3n) is 3.77. The molecule has 0 spiro atoms. The van der Waals surface area contributed by atoms with Crippen molar-refractivity contribution in [1.82, 2.24) is 14.5 Å². The minimum atomic E-state index is -0.0186. The second kappa shape index (κ2) is 9.55. The molecule has 1 aromatic rings. The molecule has 1 heterocycles. The molecule has 0 fully saturated rings. The first-order valence-corrected chi connectivity index (χ1v) is 8.16. The van der Waals surface area contributed by atoms with Crippen molar-refractivity contribution >= 4 is 5.82 Å². The van der Waals surface area contributed by atoms with E-state index < -0.39 is 0 Å². The Hall–Kier alpha value is -1.36. The SMILES string of the molecule is CCCn1ccnc(NC(C)CCCN(CC)CC)c1=O. The Kier molecular flexibility index (Phi) is 8.05. The molecular weight excluding hydrogens is 264 g/mol. The van der Waals surface area contributed by atoms with E-state index in [0.717, 1.165) is 45.4 Å². The summed E-state index contributed by atoms with van der Waals surface area (Å²) in [5, 5.41) is 3.26. The van der Waals surface area contributed by atoms with Crippen molar-refractivity contribution in [2.45, 2.75) is 59.5 Å². The lowest BCUT2D eigenvalue weighted by Gasteiger charge is -2.20. The van der Waals surface area contributed by atoms with Crippen molar-refractivity contribution in [3.05, 3.63) is 22.7 Å². The summed E-state index contributed by atoms with van der Waals surface area (Å²) in [6.07, 6.45) is 6.57. The molecule has 1 atom stereocenters. The zero-order valence-corrected chi connectivity index (χ0v) is 13.9. The van der Waals surface area contributed by atoms with E-state index in [1.807, 2.05) is 0 Å². The van der Waals surface area contributed by atoms with Gasteiger partial charge in [0.1, 0.15) is 0 Å². The summed E-state index contributed by atoms with van der Waals surface area (Å²) in [7, 11) is 0. The second-order valence-electron chi connectivity index (χ2n) is 5.49. The van der Waals surface area contributed by atoms with Gasteiger partial charge in [-0.25, -0.2) is 4.98 Å². The molecule has 120 valence electrons. The van der Waals surface area contributed by atoms with Gasteiger partial charge in [-0.15, -0.1) is 0 Å². The van der Waals surface area contributed by atoms with Crippen molar-refractivity contribution < 1.29 is 0 Å². The van der Waals surface area contributed by atoms with Gasteiger partial charge in [-0.05, 0) is 45.8 Å². The molecule has 1 unspecified atom stereocenters. The zero-order valence-electron chi connectivity index (χ0n) is 13.9. The van der Waals surface area contributed by atoms with Gasteiger partial charge in [-0.2, -0.15) is 0 Å². The molecule has 1 N–H and O–H groups in total. The zero-order chi connectivity index (χ0) is 15.7. The van der Waals surface area contributed by atoms with Crippen molar-refractivity contribution in [3.8, 4) is 0 Å². The number of nitrogens with zero attached hydrogens (tertiary/aromatic N) is 3. The summed E-state index contributed by atoms with van der Waals surface area (Å²) in [6.45, 7) is 12.6. The number of aromatic nitrogens is 2. The average Bonchev–Trinajstić information content (AvgIpc) is 2.48. The number of aryl methyl sites for hydroxylation is 1. The smallest absolute Gasteiger partial charge is 0.293 e. The van der Waals surface area contributed by atoms with Crippen LogP contribution in [0.4, 0.5) is 5.82 Å². The Bertz CT molecular complexity index is 454. The van der Waals surface area contributed by atoms with Crippen molar-refractivity contribution in [2.24, 2.45) is 0 Å². The fraction of sp³-hybridized carbons (Fsp3) is 0.750. The van der Waals surface area contributed by atoms with Crippen LogP contribution in [-0.2, 0) is 6.54 Å². The van der Waals surface area contributed by atoms with E-state index in [1.54, 1.807) is 17.0 Å². The maximum absolute atomic E-state index is 12.2. The first kappa shape index (κ1) is 17.7. The number of hydrogen-bond donors (Lipinski definition) is 1. The van der Waals surface area contributed by atoms with Crippen LogP contribution in [0, 0.1) is 0 Å². The third-order valence-corrected chi connectivity index (χ3v) is 3.77. The number of anilines is 1. The molecule has 5 nitrogen and oxygen atoms in total. The number of nitrogens with one attached hydrogen (secondary N) is 1. The van der Waals surface area contributed by atoms with Gasteiger partial charge in [-0.1, -0.05) is 20.8 Å². The van der Waals surface area contributed by atoms with Gasteiger partial charge in [0.15, 0.2) is 5.82 Å². The summed E-state index contributed by atoms with van der Waals surface area (Å²) in [5.41, 5.74) is -0.0186. The molecule has 21 heavy (non-hydrogen) atoms. The summed E-state index contributed by atoms with van der Waals surface area (Å²) in [4.78, 5) is 18.8. The Morgan fingerprint density at radius 1 is 1.33 bits per heavy atom. The number of hydrogen-bond acceptors (Lipinski definition) is 4. The predicted molar refractivity (Wildman–Crippen MR) is 88.9 cm³/mol. The van der Waals surface area contributed by atoms with Crippen LogP contribution in [0.15, 0.2) is 17.2 Å². The van der Waals surface area contributed by atoms with Gasteiger partial charge in [0.2, 0.25) is 0 Å². The lowest BCUT2D eigenvalue weighted by atomic mass is 10.1. The molecule has 0 amide bonds. The van der Waals surface area contributed by atoms with Gasteiger partial charge < -0.3 is 14.8 Å². The highest BCUT2D eigenvalue weighted by molar-refractivity contribution is 5.31. The van der Waals surface area contributed by atoms with Crippen LogP contribution in [0.3, 0.4) is 0 Å². The molecular formula is C16H30N4O. The molecule has 1 aromatic heterocycles. The summed E-state index contributed by atoms with van der Waals surface area (Å²) < 4.78 is 1.72. The maximum Gasteiger partial charge on any atom is 0.293 e. The molecule has 0 aliphatic carbocycles. The van der Waals surface area contributed by atoms with Crippen LogP contribution in [0.1, 0.15) is 47.0 Å². The van der Waals surface area contributed by atoms with Gasteiger partial charge >= 0.3 is 0 Å². The average molecular weight is 294 g/mol. The van der Waals surface area contributed by atoms with Gasteiger partial charge in [0.25, 0.3) is 5.56 Å². The number of rotatable bonds is 10. The normalized spacial score (nSPS) is 12.6. The quantitative estimate of drug-likeness (QED) is 0.720. The first-order chi connectivity index (χ1) is 10.1. The highest BCUT2D eigenvalue weighted by Gasteiger charge is 2.09. The third kappa shape index (κ3) is 5.87. The van der Waals surface area contributed by atoms with Gasteiger partial charge in [0, 0.05) is 25.0 Å². The molecule has 0 aliphatic rings. The van der Waals surface area contributed by atoms with Crippen molar-refractivity contribution in [3.63, 3.8) is 0 Å². The van der Waals surface area contributed by atoms with E-state index in [-0.39, 0.29) is 11.6 Å². The van der Waals surface area contributed by atoms with Crippen LogP contribution in [0.2, 0.25) is 0 Å². The van der Waals surface area contributed by atoms with Gasteiger partial charge in [0.05, 0.1) is 0 Å². The monoisotopic (exact) mass is 294 g/mol. The second-order valence-corrected chi connectivity index (χ2v) is 5.49. The first-order valence-electron chi connectivity index (χ1n) is 8.16. The van der Waals surface area contributed by atoms with E-state index >= 15 is 0 Å². The Morgan fingerprint density at radius 2 is 2.05 bits per heavy atom. The van der Waals surface area contributed by atoms with E-state index in [1.165, 1.54) is 0 Å². The summed E-state index contributed by atoms with van der Waals surface area (Å²) in [6, 6.07) is 0.262. The minimum absolute atomic E-state index is 0.0186. The van der Waals surface area contributed by atoms with Crippen LogP contribution in [0.5, 0.6) is 0 Å². The summed E-state index contributed by atoms with van der Waals surface area (Å²) in [5.74, 6) is 0.473. The highest BCUT2D eigenvalue weighted by atomic mass is 16.1. The van der Waals surface area contributed by atoms with Crippen LogP contribution in [0.25, 0.3) is 0 Å². The van der Waals surface area contributed by atoms with Gasteiger partial charge in [-0.3, -0.25) is 4.79 Å². The molecule has 1 rings (SSSR count). The fourth-order valence-corrected chi connectivity index (χ4v) is 2.43. The maximum atomic E-state index is 12.2. The van der Waals surface area contributed by atoms with Crippen LogP contribution < -0.4 is 10.9 Å². The van der Waals surface area contributed by atoms with E-state index in [2.05, 4.69) is 42.9 Å². The summed E-state index contributed by atoms with van der Waals surface area (Å²) >= 11 is 0. The highest BCUT2D eigenvalue weighted by Crippen LogP contribution is 2.04. The molecule has 0 saturated heterocycles. The van der Waals surface area contributed by atoms with Crippen LogP contribution >= 0.6 is 0 Å². The Labute approximate surface area is 128 Å². The standard InChI is InChI=1S/C16H30N4O/c1-5-11-20-13-10-17-15(16(20)21)18-14(4)9-8-12-19(6-2)7-3/h10,13-14H,5-9,11-12H2,1-4H3,(H,17,18). The van der Waals surface area contributed by atoms with E-state index in [9.17, 15) is 4.79 Å². The lowest BCUT2D eigenvalue weighted by Crippen LogP contribution is -2.29. The lowest BCUT2D eigenvalue weighted by molar-refractivity contribution is 0.295. The van der Waals surface area contributed by atoms with Crippen molar-refractivity contribution in [2.75, 3.05) is 25.0 Å². The van der Waals surface area contributed by atoms with Crippen LogP contribution in [-0.4, -0.2) is 40.1 Å². The minimum Gasteiger partial charge on any atom is -0.363 e. The van der Waals surface area contributed by atoms with E-state index in [4.69, 9.17) is 0 Å². The molecule has 0 radical (unpaired) electrons. The largest absolute Gasteiger partial charge is 0.363 e. The molecule has 5 heteroatoms. The van der Waals surface area contributed by atoms with Crippen molar-refractivity contribution in [1.29, 1.82) is 0 Å². The fourth-order valence-electron chi connectivity index (χ4n) is 2.43. The van der Waals surface area contributed by atoms with E-state index in [0.29, 0.717) is 5.82 Å². The molecule has 0 aromatic carbocycles. The molecule has 0 saturated carbocycles.